The summed E-state index contributed by atoms with van der Waals surface area (Å²) in [6.07, 6.45) is 4.91. The molecular weight excluding hydrogens is 264 g/mol. The number of hydrogen-bond donors (Lipinski definition) is 2. The second-order valence-electron chi connectivity index (χ2n) is 4.62. The first-order chi connectivity index (χ1) is 9.56. The first kappa shape index (κ1) is 16.1. The molecule has 0 aliphatic rings. The summed E-state index contributed by atoms with van der Waals surface area (Å²) in [5.41, 5.74) is -0.137. The number of carbonyl (C=O) groups is 1. The fourth-order valence-corrected chi connectivity index (χ4v) is 1.93. The number of nitrogens with zero attached hydrogens (tertiary/aromatic N) is 3. The zero-order valence-electron chi connectivity index (χ0n) is 11.5. The van der Waals surface area contributed by atoms with E-state index in [1.54, 1.807) is 0 Å². The van der Waals surface area contributed by atoms with Crippen LogP contribution in [0.1, 0.15) is 26.2 Å². The summed E-state index contributed by atoms with van der Waals surface area (Å²) in [4.78, 5) is 21.6. The maximum absolute atomic E-state index is 11.7. The van der Waals surface area contributed by atoms with E-state index in [0.29, 0.717) is 13.0 Å². The van der Waals surface area contributed by atoms with Crippen molar-refractivity contribution < 1.29 is 14.8 Å². The lowest BCUT2D eigenvalue weighted by Crippen LogP contribution is -2.32. The summed E-state index contributed by atoms with van der Waals surface area (Å²) in [6, 6.07) is 0. The summed E-state index contributed by atoms with van der Waals surface area (Å²) >= 11 is 0. The second-order valence-corrected chi connectivity index (χ2v) is 4.62. The van der Waals surface area contributed by atoms with Crippen LogP contribution in [0.15, 0.2) is 12.4 Å². The average molecular weight is 284 g/mol. The number of amides is 1. The quantitative estimate of drug-likeness (QED) is 0.512. The van der Waals surface area contributed by atoms with Crippen LogP contribution in [0.4, 0.5) is 5.69 Å². The van der Waals surface area contributed by atoms with E-state index in [9.17, 15) is 14.9 Å². The van der Waals surface area contributed by atoms with Gasteiger partial charge in [-0.05, 0) is 18.8 Å². The van der Waals surface area contributed by atoms with Gasteiger partial charge in [-0.15, -0.1) is 0 Å². The number of aliphatic hydroxyl groups is 1. The van der Waals surface area contributed by atoms with Crippen LogP contribution >= 0.6 is 0 Å². The molecule has 1 rings (SSSR count). The summed E-state index contributed by atoms with van der Waals surface area (Å²) in [5.74, 6) is 0.00273. The lowest BCUT2D eigenvalue weighted by Gasteiger charge is -2.15. The molecule has 0 aromatic carbocycles. The maximum Gasteiger partial charge on any atom is 0.307 e. The number of carbonyl (C=O) groups excluding carboxylic acids is 1. The number of aliphatic hydroxyl groups excluding tert-OH is 1. The molecule has 8 heteroatoms. The van der Waals surface area contributed by atoms with Crippen LogP contribution in [0.2, 0.25) is 0 Å². The number of nitro groups is 1. The minimum atomic E-state index is -0.556. The van der Waals surface area contributed by atoms with Crippen molar-refractivity contribution in [2.45, 2.75) is 32.7 Å². The van der Waals surface area contributed by atoms with Crippen LogP contribution in [0.5, 0.6) is 0 Å². The Labute approximate surface area is 116 Å². The molecule has 0 saturated heterocycles. The van der Waals surface area contributed by atoms with E-state index >= 15 is 0 Å². The third-order valence-electron chi connectivity index (χ3n) is 2.96. The van der Waals surface area contributed by atoms with Crippen molar-refractivity contribution >= 4 is 11.6 Å². The average Bonchev–Trinajstić information content (AvgIpc) is 2.85. The zero-order chi connectivity index (χ0) is 15.0. The minimum Gasteiger partial charge on any atom is -0.396 e. The molecule has 112 valence electrons. The molecule has 1 heterocycles. The molecule has 0 aliphatic carbocycles. The number of hydrogen-bond acceptors (Lipinski definition) is 5. The van der Waals surface area contributed by atoms with Gasteiger partial charge in [0.1, 0.15) is 18.9 Å². The Kier molecular flexibility index (Phi) is 6.65. The second kappa shape index (κ2) is 8.26. The number of nitrogens with one attached hydrogen (secondary N) is 1. The Balaban J connectivity index is 2.40. The highest BCUT2D eigenvalue weighted by Gasteiger charge is 2.12. The minimum absolute atomic E-state index is 0.0498. The van der Waals surface area contributed by atoms with Crippen molar-refractivity contribution in [3.63, 3.8) is 0 Å². The van der Waals surface area contributed by atoms with Gasteiger partial charge >= 0.3 is 5.69 Å². The molecule has 1 atom stereocenters. The third kappa shape index (κ3) is 5.35. The van der Waals surface area contributed by atoms with Crippen LogP contribution in [0.3, 0.4) is 0 Å². The van der Waals surface area contributed by atoms with Gasteiger partial charge in [-0.2, -0.15) is 5.10 Å². The van der Waals surface area contributed by atoms with Gasteiger partial charge in [0.2, 0.25) is 5.91 Å². The fourth-order valence-electron chi connectivity index (χ4n) is 1.93. The smallest absolute Gasteiger partial charge is 0.307 e. The highest BCUT2D eigenvalue weighted by atomic mass is 16.6. The lowest BCUT2D eigenvalue weighted by molar-refractivity contribution is -0.385. The standard InChI is InChI=1S/C12H20N4O4/c1-2-3-10(4-5-17)6-13-12(18)9-15-8-11(7-14-15)16(19)20/h7-8,10,17H,2-6,9H2,1H3,(H,13,18). The van der Waals surface area contributed by atoms with Crippen LogP contribution in [0, 0.1) is 16.0 Å². The van der Waals surface area contributed by atoms with E-state index in [1.165, 1.54) is 10.9 Å². The first-order valence-corrected chi connectivity index (χ1v) is 6.61. The molecule has 1 amide bonds. The number of aromatic nitrogens is 2. The molecule has 0 radical (unpaired) electrons. The molecule has 20 heavy (non-hydrogen) atoms. The Morgan fingerprint density at radius 1 is 1.60 bits per heavy atom. The van der Waals surface area contributed by atoms with Gasteiger partial charge in [-0.1, -0.05) is 13.3 Å². The highest BCUT2D eigenvalue weighted by Crippen LogP contribution is 2.10. The summed E-state index contributed by atoms with van der Waals surface area (Å²) in [5, 5.41) is 25.9. The van der Waals surface area contributed by atoms with E-state index in [0.717, 1.165) is 19.0 Å². The van der Waals surface area contributed by atoms with Crippen molar-refractivity contribution in [1.82, 2.24) is 15.1 Å². The molecule has 1 aromatic heterocycles. The predicted molar refractivity (Wildman–Crippen MR) is 72.0 cm³/mol. The zero-order valence-corrected chi connectivity index (χ0v) is 11.5. The first-order valence-electron chi connectivity index (χ1n) is 6.61. The molecule has 2 N–H and O–H groups in total. The number of rotatable bonds is 9. The Bertz CT molecular complexity index is 440. The molecule has 1 aromatic rings. The molecule has 8 nitrogen and oxygen atoms in total. The summed E-state index contributed by atoms with van der Waals surface area (Å²) in [6.45, 7) is 2.60. The molecule has 0 aliphatic heterocycles. The van der Waals surface area contributed by atoms with E-state index in [-0.39, 0.29) is 30.7 Å². The fraction of sp³-hybridized carbons (Fsp3) is 0.667. The van der Waals surface area contributed by atoms with E-state index in [4.69, 9.17) is 5.11 Å². The maximum atomic E-state index is 11.7. The Hall–Kier alpha value is -1.96. The van der Waals surface area contributed by atoms with Crippen molar-refractivity contribution in [2.24, 2.45) is 5.92 Å². The molecule has 0 bridgehead atoms. The van der Waals surface area contributed by atoms with Crippen molar-refractivity contribution in [3.05, 3.63) is 22.5 Å². The third-order valence-corrected chi connectivity index (χ3v) is 2.96. The largest absolute Gasteiger partial charge is 0.396 e. The van der Waals surface area contributed by atoms with Crippen LogP contribution in [-0.4, -0.2) is 38.9 Å². The van der Waals surface area contributed by atoms with E-state index in [2.05, 4.69) is 17.3 Å². The highest BCUT2D eigenvalue weighted by molar-refractivity contribution is 5.75. The van der Waals surface area contributed by atoms with E-state index in [1.807, 2.05) is 0 Å². The van der Waals surface area contributed by atoms with Crippen molar-refractivity contribution in [3.8, 4) is 0 Å². The summed E-state index contributed by atoms with van der Waals surface area (Å²) < 4.78 is 1.23. The molecule has 0 saturated carbocycles. The molecule has 1 unspecified atom stereocenters. The van der Waals surface area contributed by atoms with Crippen LogP contribution in [-0.2, 0) is 11.3 Å². The van der Waals surface area contributed by atoms with Gasteiger partial charge in [0.25, 0.3) is 0 Å². The van der Waals surface area contributed by atoms with Gasteiger partial charge in [0.15, 0.2) is 0 Å². The SMILES string of the molecule is CCCC(CCO)CNC(=O)Cn1cc([N+](=O)[O-])cn1. The molecular formula is C12H20N4O4. The van der Waals surface area contributed by atoms with Crippen molar-refractivity contribution in [1.29, 1.82) is 0 Å². The Morgan fingerprint density at radius 2 is 2.35 bits per heavy atom. The van der Waals surface area contributed by atoms with E-state index < -0.39 is 4.92 Å². The monoisotopic (exact) mass is 284 g/mol. The normalized spacial score (nSPS) is 12.1. The Morgan fingerprint density at radius 3 is 2.90 bits per heavy atom. The lowest BCUT2D eigenvalue weighted by atomic mass is 10.0. The van der Waals surface area contributed by atoms with Gasteiger partial charge in [-0.25, -0.2) is 0 Å². The van der Waals surface area contributed by atoms with Gasteiger partial charge in [0.05, 0.1) is 4.92 Å². The molecule has 0 fully saturated rings. The summed E-state index contributed by atoms with van der Waals surface area (Å²) in [7, 11) is 0. The van der Waals surface area contributed by atoms with Gasteiger partial charge in [0, 0.05) is 13.2 Å². The topological polar surface area (TPSA) is 110 Å². The van der Waals surface area contributed by atoms with Crippen molar-refractivity contribution in [2.75, 3.05) is 13.2 Å². The molecule has 0 spiro atoms. The van der Waals surface area contributed by atoms with Crippen LogP contribution in [0.25, 0.3) is 0 Å². The predicted octanol–water partition coefficient (Wildman–Crippen LogP) is 0.706. The van der Waals surface area contributed by atoms with Crippen LogP contribution < -0.4 is 5.32 Å². The van der Waals surface area contributed by atoms with Gasteiger partial charge < -0.3 is 10.4 Å². The van der Waals surface area contributed by atoms with Gasteiger partial charge in [-0.3, -0.25) is 19.6 Å².